The van der Waals surface area contributed by atoms with Gasteiger partial charge in [-0.25, -0.2) is 0 Å². The number of aromatic nitrogens is 1. The molecule has 2 nitrogen and oxygen atoms in total. The quantitative estimate of drug-likeness (QED) is 0.308. The van der Waals surface area contributed by atoms with Gasteiger partial charge in [0.25, 0.3) is 0 Å². The molecule has 2 heteroatoms. The molecule has 0 unspecified atom stereocenters. The van der Waals surface area contributed by atoms with Crippen molar-refractivity contribution in [2.75, 3.05) is 0 Å². The molecule has 0 aliphatic rings. The Balaban J connectivity index is 1.76. The smallest absolute Gasteiger partial charge is 0.120 e. The van der Waals surface area contributed by atoms with E-state index in [9.17, 15) is 0 Å². The summed E-state index contributed by atoms with van der Waals surface area (Å²) in [6, 6.07) is 34.2. The van der Waals surface area contributed by atoms with E-state index in [0.29, 0.717) is 0 Å². The maximum atomic E-state index is 6.13. The molecule has 148 valence electrons. The lowest BCUT2D eigenvalue weighted by Gasteiger charge is -2.22. The zero-order valence-corrected chi connectivity index (χ0v) is 17.6. The highest BCUT2D eigenvalue weighted by Crippen LogP contribution is 2.36. The predicted octanol–water partition coefficient (Wildman–Crippen LogP) is 7.63. The number of nitrogens with zero attached hydrogens (tertiary/aromatic N) is 1. The second kappa shape index (κ2) is 7.07. The molecule has 0 bridgehead atoms. The molecular weight excluding hydrogens is 366 g/mol. The van der Waals surface area contributed by atoms with Crippen molar-refractivity contribution in [3.05, 3.63) is 97.1 Å². The minimum atomic E-state index is -0.231. The number of fused-ring (bicyclic) bond motifs is 3. The summed E-state index contributed by atoms with van der Waals surface area (Å²) in [7, 11) is 0. The zero-order valence-electron chi connectivity index (χ0n) is 17.6. The first-order valence-electron chi connectivity index (χ1n) is 10.4. The third-order valence-electron chi connectivity index (χ3n) is 5.29. The van der Waals surface area contributed by atoms with Gasteiger partial charge in [0, 0.05) is 16.3 Å². The first-order valence-corrected chi connectivity index (χ1v) is 10.4. The third kappa shape index (κ3) is 3.25. The summed E-state index contributed by atoms with van der Waals surface area (Å²) in [6.07, 6.45) is 0. The summed E-state index contributed by atoms with van der Waals surface area (Å²) >= 11 is 0. The van der Waals surface area contributed by atoms with Crippen LogP contribution in [0.2, 0.25) is 0 Å². The molecule has 0 radical (unpaired) electrons. The van der Waals surface area contributed by atoms with Crippen molar-refractivity contribution < 1.29 is 4.74 Å². The fourth-order valence-electron chi connectivity index (χ4n) is 4.18. The van der Waals surface area contributed by atoms with Crippen LogP contribution in [0.5, 0.6) is 5.75 Å². The first kappa shape index (κ1) is 18.5. The van der Waals surface area contributed by atoms with Crippen LogP contribution < -0.4 is 4.74 Å². The predicted molar refractivity (Wildman–Crippen MR) is 127 cm³/mol. The molecule has 0 aliphatic carbocycles. The number of benzene rings is 4. The summed E-state index contributed by atoms with van der Waals surface area (Å²) in [5.41, 5.74) is 5.70. The zero-order chi connectivity index (χ0) is 20.7. The van der Waals surface area contributed by atoms with E-state index < -0.39 is 0 Å². The van der Waals surface area contributed by atoms with Crippen LogP contribution in [0.4, 0.5) is 0 Å². The maximum Gasteiger partial charge on any atom is 0.120 e. The van der Waals surface area contributed by atoms with Gasteiger partial charge in [0.15, 0.2) is 0 Å². The topological polar surface area (TPSA) is 14.2 Å². The van der Waals surface area contributed by atoms with Crippen molar-refractivity contribution in [2.24, 2.45) is 0 Å². The Morgan fingerprint density at radius 3 is 1.90 bits per heavy atom. The normalized spacial score (nSPS) is 11.8. The SMILES string of the molecule is CC(C)(C)Oc1cccc(-c2ccccc2-n2c3ccccc3c3ccccc32)c1. The minimum absolute atomic E-state index is 0.231. The molecule has 0 aliphatic heterocycles. The van der Waals surface area contributed by atoms with Gasteiger partial charge in [0.05, 0.1) is 16.7 Å². The number of para-hydroxylation sites is 3. The maximum absolute atomic E-state index is 6.13. The van der Waals surface area contributed by atoms with Gasteiger partial charge in [-0.1, -0.05) is 66.7 Å². The summed E-state index contributed by atoms with van der Waals surface area (Å²) in [5, 5.41) is 2.54. The molecule has 1 heterocycles. The Morgan fingerprint density at radius 2 is 1.23 bits per heavy atom. The van der Waals surface area contributed by atoms with Gasteiger partial charge in [0.2, 0.25) is 0 Å². The summed E-state index contributed by atoms with van der Waals surface area (Å²) in [5.74, 6) is 0.886. The van der Waals surface area contributed by atoms with Crippen LogP contribution >= 0.6 is 0 Å². The summed E-state index contributed by atoms with van der Waals surface area (Å²) < 4.78 is 8.50. The molecule has 5 aromatic rings. The summed E-state index contributed by atoms with van der Waals surface area (Å²) in [4.78, 5) is 0. The van der Waals surface area contributed by atoms with E-state index in [4.69, 9.17) is 4.74 Å². The summed E-state index contributed by atoms with van der Waals surface area (Å²) in [6.45, 7) is 6.23. The van der Waals surface area contributed by atoms with Crippen LogP contribution in [0.1, 0.15) is 20.8 Å². The fourth-order valence-corrected chi connectivity index (χ4v) is 4.18. The van der Waals surface area contributed by atoms with E-state index in [-0.39, 0.29) is 5.60 Å². The van der Waals surface area contributed by atoms with Crippen molar-refractivity contribution in [1.82, 2.24) is 4.57 Å². The Bertz CT molecular complexity index is 1300. The molecule has 0 amide bonds. The van der Waals surface area contributed by atoms with Gasteiger partial charge in [-0.2, -0.15) is 0 Å². The average Bonchev–Trinajstić information content (AvgIpc) is 3.07. The molecular formula is C28H25NO. The van der Waals surface area contributed by atoms with Crippen LogP contribution in [0.25, 0.3) is 38.6 Å². The lowest BCUT2D eigenvalue weighted by atomic mass is 10.0. The molecule has 30 heavy (non-hydrogen) atoms. The van der Waals surface area contributed by atoms with Gasteiger partial charge in [-0.05, 0) is 56.7 Å². The van der Waals surface area contributed by atoms with Crippen LogP contribution in [0.3, 0.4) is 0 Å². The fraction of sp³-hybridized carbons (Fsp3) is 0.143. The van der Waals surface area contributed by atoms with Crippen molar-refractivity contribution in [1.29, 1.82) is 0 Å². The standard InChI is InChI=1S/C28H25NO/c1-28(2,3)30-21-12-10-11-20(19-21)22-13-4-7-16-25(22)29-26-17-8-5-14-23(26)24-15-6-9-18-27(24)29/h4-19H,1-3H3. The Labute approximate surface area is 177 Å². The van der Waals surface area contributed by atoms with Crippen LogP contribution in [0, 0.1) is 0 Å². The molecule has 5 rings (SSSR count). The monoisotopic (exact) mass is 391 g/mol. The van der Waals surface area contributed by atoms with Crippen molar-refractivity contribution in [3.63, 3.8) is 0 Å². The Hall–Kier alpha value is -3.52. The van der Waals surface area contributed by atoms with E-state index in [0.717, 1.165) is 11.3 Å². The molecule has 0 saturated carbocycles. The number of hydrogen-bond donors (Lipinski definition) is 0. The van der Waals surface area contributed by atoms with Gasteiger partial charge in [-0.15, -0.1) is 0 Å². The second-order valence-corrected chi connectivity index (χ2v) is 8.63. The molecule has 0 atom stereocenters. The lowest BCUT2D eigenvalue weighted by molar-refractivity contribution is 0.131. The molecule has 0 fully saturated rings. The van der Waals surface area contributed by atoms with Crippen LogP contribution in [0.15, 0.2) is 97.1 Å². The van der Waals surface area contributed by atoms with Gasteiger partial charge >= 0.3 is 0 Å². The van der Waals surface area contributed by atoms with E-state index in [1.165, 1.54) is 33.1 Å². The van der Waals surface area contributed by atoms with Crippen molar-refractivity contribution >= 4 is 21.8 Å². The Kier molecular flexibility index (Phi) is 4.36. The highest BCUT2D eigenvalue weighted by molar-refractivity contribution is 6.09. The molecule has 1 aromatic heterocycles. The van der Waals surface area contributed by atoms with Crippen LogP contribution in [-0.4, -0.2) is 10.2 Å². The van der Waals surface area contributed by atoms with Gasteiger partial charge < -0.3 is 9.30 Å². The highest BCUT2D eigenvalue weighted by Gasteiger charge is 2.16. The molecule has 4 aromatic carbocycles. The van der Waals surface area contributed by atoms with Crippen molar-refractivity contribution in [2.45, 2.75) is 26.4 Å². The highest BCUT2D eigenvalue weighted by atomic mass is 16.5. The molecule has 0 saturated heterocycles. The Morgan fingerprint density at radius 1 is 0.633 bits per heavy atom. The third-order valence-corrected chi connectivity index (χ3v) is 5.29. The number of rotatable bonds is 3. The van der Waals surface area contributed by atoms with Crippen LogP contribution in [-0.2, 0) is 0 Å². The number of hydrogen-bond acceptors (Lipinski definition) is 1. The minimum Gasteiger partial charge on any atom is -0.488 e. The van der Waals surface area contributed by atoms with E-state index in [1.54, 1.807) is 0 Å². The van der Waals surface area contributed by atoms with Gasteiger partial charge in [0.1, 0.15) is 11.4 Å². The van der Waals surface area contributed by atoms with E-state index in [1.807, 2.05) is 6.07 Å². The molecule has 0 spiro atoms. The average molecular weight is 392 g/mol. The van der Waals surface area contributed by atoms with Crippen molar-refractivity contribution in [3.8, 4) is 22.6 Å². The van der Waals surface area contributed by atoms with E-state index >= 15 is 0 Å². The molecule has 0 N–H and O–H groups in total. The first-order chi connectivity index (χ1) is 14.5. The largest absolute Gasteiger partial charge is 0.488 e. The lowest BCUT2D eigenvalue weighted by Crippen LogP contribution is -2.22. The van der Waals surface area contributed by atoms with E-state index in [2.05, 4.69) is 116 Å². The van der Waals surface area contributed by atoms with Gasteiger partial charge in [-0.3, -0.25) is 0 Å². The number of ether oxygens (including phenoxy) is 1. The second-order valence-electron chi connectivity index (χ2n) is 8.63.